The average molecular weight is 146 g/mol. The average Bonchev–Trinajstić information content (AvgIpc) is 2.17. The fraction of sp³-hybridized carbons (Fsp3) is 0. The van der Waals surface area contributed by atoms with E-state index in [2.05, 4.69) is 5.16 Å². The van der Waals surface area contributed by atoms with Gasteiger partial charge in [0, 0.05) is 0 Å². The van der Waals surface area contributed by atoms with Crippen LogP contribution in [0.5, 0.6) is 0 Å². The largest absolute Gasteiger partial charge is 0.444 e. The van der Waals surface area contributed by atoms with Crippen LogP contribution in [0.3, 0.4) is 0 Å². The van der Waals surface area contributed by atoms with Crippen LogP contribution in [0.1, 0.15) is 5.76 Å². The summed E-state index contributed by atoms with van der Waals surface area (Å²) < 4.78 is 4.78. The fourth-order valence-corrected chi connectivity index (χ4v) is 0.607. The Morgan fingerprint density at radius 1 is 1.67 bits per heavy atom. The second kappa shape index (κ2) is 2.55. The maximum Gasteiger partial charge on any atom is 0.193 e. The van der Waals surface area contributed by atoms with E-state index in [1.807, 2.05) is 0 Å². The normalized spacial score (nSPS) is 10.8. The molecule has 1 aromatic rings. The van der Waals surface area contributed by atoms with Gasteiger partial charge in [0.25, 0.3) is 0 Å². The van der Waals surface area contributed by atoms with Crippen molar-refractivity contribution in [1.82, 2.24) is 0 Å². The molecular weight excluding hydrogens is 142 g/mol. The van der Waals surface area contributed by atoms with Gasteiger partial charge in [0.15, 0.2) is 11.0 Å². The van der Waals surface area contributed by atoms with Gasteiger partial charge in [-0.25, -0.2) is 0 Å². The minimum Gasteiger partial charge on any atom is -0.444 e. The number of furan rings is 1. The molecular formula is C5H4ClNO2. The van der Waals surface area contributed by atoms with Crippen molar-refractivity contribution < 1.29 is 9.62 Å². The van der Waals surface area contributed by atoms with Crippen LogP contribution in [0.4, 0.5) is 0 Å². The molecule has 48 valence electrons. The summed E-state index contributed by atoms with van der Waals surface area (Å²) in [6.07, 6.45) is 1.16. The molecule has 0 fully saturated rings. The summed E-state index contributed by atoms with van der Waals surface area (Å²) in [5, 5.41) is 11.0. The van der Waals surface area contributed by atoms with Crippen molar-refractivity contribution in [3.05, 3.63) is 23.1 Å². The second-order valence-electron chi connectivity index (χ2n) is 1.39. The van der Waals surface area contributed by atoms with Crippen molar-refractivity contribution in [3.8, 4) is 0 Å². The van der Waals surface area contributed by atoms with E-state index in [0.717, 1.165) is 6.21 Å². The highest BCUT2D eigenvalue weighted by Gasteiger charge is 1.93. The van der Waals surface area contributed by atoms with E-state index in [1.54, 1.807) is 12.1 Å². The van der Waals surface area contributed by atoms with Crippen LogP contribution >= 0.6 is 11.6 Å². The molecule has 0 radical (unpaired) electrons. The standard InChI is InChI=1S/C5H4ClNO2/c6-5-2-1-4(9-5)3-7-8/h1-3,8H. The van der Waals surface area contributed by atoms with Crippen LogP contribution in [0.15, 0.2) is 21.7 Å². The van der Waals surface area contributed by atoms with Crippen molar-refractivity contribution in [2.45, 2.75) is 0 Å². The zero-order valence-electron chi connectivity index (χ0n) is 4.41. The predicted molar refractivity (Wildman–Crippen MR) is 33.1 cm³/mol. The van der Waals surface area contributed by atoms with E-state index >= 15 is 0 Å². The Balaban J connectivity index is 2.85. The van der Waals surface area contributed by atoms with Crippen molar-refractivity contribution in [1.29, 1.82) is 0 Å². The first kappa shape index (κ1) is 6.16. The molecule has 0 atom stereocenters. The highest BCUT2D eigenvalue weighted by molar-refractivity contribution is 6.28. The van der Waals surface area contributed by atoms with Crippen LogP contribution in [0, 0.1) is 0 Å². The smallest absolute Gasteiger partial charge is 0.193 e. The van der Waals surface area contributed by atoms with Gasteiger partial charge in [0.05, 0.1) is 0 Å². The van der Waals surface area contributed by atoms with Gasteiger partial charge < -0.3 is 9.62 Å². The van der Waals surface area contributed by atoms with E-state index in [0.29, 0.717) is 5.76 Å². The summed E-state index contributed by atoms with van der Waals surface area (Å²) in [7, 11) is 0. The predicted octanol–water partition coefficient (Wildman–Crippen LogP) is 1.74. The van der Waals surface area contributed by atoms with Crippen LogP contribution in [0.25, 0.3) is 0 Å². The molecule has 3 nitrogen and oxygen atoms in total. The Hall–Kier alpha value is -0.960. The lowest BCUT2D eigenvalue weighted by Crippen LogP contribution is -1.70. The SMILES string of the molecule is ON=Cc1ccc(Cl)o1. The molecule has 0 aliphatic heterocycles. The topological polar surface area (TPSA) is 45.7 Å². The minimum absolute atomic E-state index is 0.282. The van der Waals surface area contributed by atoms with Gasteiger partial charge in [0.2, 0.25) is 0 Å². The molecule has 0 aliphatic carbocycles. The van der Waals surface area contributed by atoms with Gasteiger partial charge >= 0.3 is 0 Å². The highest BCUT2D eigenvalue weighted by Crippen LogP contribution is 2.10. The van der Waals surface area contributed by atoms with Crippen LogP contribution in [0.2, 0.25) is 5.22 Å². The quantitative estimate of drug-likeness (QED) is 0.372. The molecule has 0 amide bonds. The monoisotopic (exact) mass is 145 g/mol. The molecule has 4 heteroatoms. The molecule has 0 aliphatic rings. The molecule has 1 heterocycles. The maximum atomic E-state index is 8.00. The molecule has 9 heavy (non-hydrogen) atoms. The highest BCUT2D eigenvalue weighted by atomic mass is 35.5. The van der Waals surface area contributed by atoms with Gasteiger partial charge in [-0.1, -0.05) is 5.16 Å². The zero-order valence-corrected chi connectivity index (χ0v) is 5.17. The third-order valence-electron chi connectivity index (χ3n) is 0.779. The summed E-state index contributed by atoms with van der Waals surface area (Å²) in [5.74, 6) is 0.433. The van der Waals surface area contributed by atoms with Crippen LogP contribution in [-0.2, 0) is 0 Å². The lowest BCUT2D eigenvalue weighted by molar-refractivity contribution is 0.320. The molecule has 1 N–H and O–H groups in total. The summed E-state index contributed by atoms with van der Waals surface area (Å²) in [5.41, 5.74) is 0. The Kier molecular flexibility index (Phi) is 1.75. The van der Waals surface area contributed by atoms with Gasteiger partial charge in [-0.05, 0) is 23.7 Å². The third-order valence-corrected chi connectivity index (χ3v) is 0.982. The molecule has 0 spiro atoms. The molecule has 0 bridgehead atoms. The van der Waals surface area contributed by atoms with E-state index in [1.165, 1.54) is 0 Å². The fourth-order valence-electron chi connectivity index (χ4n) is 0.455. The Labute approximate surface area is 56.5 Å². The van der Waals surface area contributed by atoms with Crippen molar-refractivity contribution in [3.63, 3.8) is 0 Å². The number of halogens is 1. The molecule has 0 unspecified atom stereocenters. The molecule has 0 saturated carbocycles. The number of nitrogens with zero attached hydrogens (tertiary/aromatic N) is 1. The molecule has 0 aromatic carbocycles. The first-order valence-corrected chi connectivity index (χ1v) is 2.63. The lowest BCUT2D eigenvalue weighted by Gasteiger charge is -1.77. The van der Waals surface area contributed by atoms with E-state index < -0.39 is 0 Å². The van der Waals surface area contributed by atoms with Gasteiger partial charge in [-0.2, -0.15) is 0 Å². The second-order valence-corrected chi connectivity index (χ2v) is 1.76. The summed E-state index contributed by atoms with van der Waals surface area (Å²) in [4.78, 5) is 0. The summed E-state index contributed by atoms with van der Waals surface area (Å²) >= 11 is 5.39. The number of hydrogen-bond acceptors (Lipinski definition) is 3. The third kappa shape index (κ3) is 1.47. The summed E-state index contributed by atoms with van der Waals surface area (Å²) in [6.45, 7) is 0. The minimum atomic E-state index is 0.282. The Bertz CT molecular complexity index is 218. The van der Waals surface area contributed by atoms with Crippen molar-refractivity contribution >= 4 is 17.8 Å². The number of hydrogen-bond donors (Lipinski definition) is 1. The van der Waals surface area contributed by atoms with Crippen molar-refractivity contribution in [2.75, 3.05) is 0 Å². The molecule has 1 rings (SSSR count). The van der Waals surface area contributed by atoms with Crippen LogP contribution in [-0.4, -0.2) is 11.4 Å². The van der Waals surface area contributed by atoms with Gasteiger partial charge in [-0.15, -0.1) is 0 Å². The van der Waals surface area contributed by atoms with Gasteiger partial charge in [0.1, 0.15) is 6.21 Å². The van der Waals surface area contributed by atoms with Gasteiger partial charge in [-0.3, -0.25) is 0 Å². The Morgan fingerprint density at radius 3 is 2.89 bits per heavy atom. The van der Waals surface area contributed by atoms with Crippen LogP contribution < -0.4 is 0 Å². The molecule has 1 aromatic heterocycles. The van der Waals surface area contributed by atoms with E-state index in [9.17, 15) is 0 Å². The number of oxime groups is 1. The summed E-state index contributed by atoms with van der Waals surface area (Å²) in [6, 6.07) is 3.17. The first-order chi connectivity index (χ1) is 4.33. The lowest BCUT2D eigenvalue weighted by atomic mass is 10.5. The first-order valence-electron chi connectivity index (χ1n) is 2.25. The van der Waals surface area contributed by atoms with E-state index in [-0.39, 0.29) is 5.22 Å². The van der Waals surface area contributed by atoms with E-state index in [4.69, 9.17) is 21.2 Å². The maximum absolute atomic E-state index is 8.00. The molecule has 0 saturated heterocycles. The number of rotatable bonds is 1. The Morgan fingerprint density at radius 2 is 2.44 bits per heavy atom. The zero-order chi connectivity index (χ0) is 6.69. The van der Waals surface area contributed by atoms with Crippen molar-refractivity contribution in [2.24, 2.45) is 5.16 Å².